The first-order valence-electron chi connectivity index (χ1n) is 12.6. The largest absolute Gasteiger partial charge is 0.352 e. The number of amides is 2. The van der Waals surface area contributed by atoms with Crippen molar-refractivity contribution in [3.05, 3.63) is 95.5 Å². The molecule has 0 aromatic heterocycles. The van der Waals surface area contributed by atoms with E-state index in [-0.39, 0.29) is 23.4 Å². The van der Waals surface area contributed by atoms with E-state index >= 15 is 0 Å². The van der Waals surface area contributed by atoms with Crippen molar-refractivity contribution in [2.24, 2.45) is 0 Å². The van der Waals surface area contributed by atoms with Crippen LogP contribution in [-0.4, -0.2) is 43.8 Å². The highest BCUT2D eigenvalue weighted by molar-refractivity contribution is 7.92. The van der Waals surface area contributed by atoms with Gasteiger partial charge in [0.2, 0.25) is 11.8 Å². The van der Waals surface area contributed by atoms with Crippen LogP contribution in [0.25, 0.3) is 0 Å². The summed E-state index contributed by atoms with van der Waals surface area (Å²) in [4.78, 5) is 28.7. The first-order chi connectivity index (χ1) is 18.2. The minimum atomic E-state index is -4.10. The SMILES string of the molecule is CC[C@@H](C)NC(=O)[C@H](CC)N(Cc1ccccc1)C(=O)CN(c1ccc(Cl)cc1)S(=O)(=O)c1ccccc1. The lowest BCUT2D eigenvalue weighted by molar-refractivity contribution is -0.140. The van der Waals surface area contributed by atoms with Crippen LogP contribution in [0.15, 0.2) is 89.8 Å². The van der Waals surface area contributed by atoms with Gasteiger partial charge in [-0.1, -0.05) is 74.0 Å². The van der Waals surface area contributed by atoms with Gasteiger partial charge in [-0.15, -0.1) is 0 Å². The molecule has 7 nitrogen and oxygen atoms in total. The van der Waals surface area contributed by atoms with Crippen molar-refractivity contribution < 1.29 is 18.0 Å². The van der Waals surface area contributed by atoms with Crippen LogP contribution in [0, 0.1) is 0 Å². The average Bonchev–Trinajstić information content (AvgIpc) is 2.93. The van der Waals surface area contributed by atoms with Crippen LogP contribution < -0.4 is 9.62 Å². The molecule has 9 heteroatoms. The van der Waals surface area contributed by atoms with Crippen LogP contribution in [0.1, 0.15) is 39.2 Å². The Balaban J connectivity index is 2.02. The van der Waals surface area contributed by atoms with Crippen LogP contribution in [0.4, 0.5) is 5.69 Å². The number of rotatable bonds is 12. The van der Waals surface area contributed by atoms with E-state index in [9.17, 15) is 18.0 Å². The van der Waals surface area contributed by atoms with Crippen molar-refractivity contribution in [1.82, 2.24) is 10.2 Å². The van der Waals surface area contributed by atoms with Gasteiger partial charge in [-0.3, -0.25) is 13.9 Å². The van der Waals surface area contributed by atoms with E-state index in [1.165, 1.54) is 17.0 Å². The number of hydrogen-bond acceptors (Lipinski definition) is 4. The molecular weight excluding hydrogens is 522 g/mol. The molecule has 0 fully saturated rings. The minimum Gasteiger partial charge on any atom is -0.352 e. The van der Waals surface area contributed by atoms with E-state index in [1.807, 2.05) is 51.1 Å². The van der Waals surface area contributed by atoms with Gasteiger partial charge in [-0.2, -0.15) is 0 Å². The van der Waals surface area contributed by atoms with Crippen LogP contribution in [0.3, 0.4) is 0 Å². The second-order valence-corrected chi connectivity index (χ2v) is 11.3. The number of benzene rings is 3. The van der Waals surface area contributed by atoms with Crippen molar-refractivity contribution in [2.45, 2.75) is 57.1 Å². The number of carbonyl (C=O) groups excluding carboxylic acids is 2. The van der Waals surface area contributed by atoms with Gasteiger partial charge in [0, 0.05) is 17.6 Å². The first kappa shape index (κ1) is 29.2. The molecule has 0 unspecified atom stereocenters. The number of nitrogens with zero attached hydrogens (tertiary/aromatic N) is 2. The third-order valence-electron chi connectivity index (χ3n) is 6.31. The fourth-order valence-corrected chi connectivity index (χ4v) is 5.56. The standard InChI is InChI=1S/C29H34ClN3O4S/c1-4-22(3)31-29(35)27(5-2)32(20-23-12-8-6-9-13-23)28(34)21-33(25-18-16-24(30)17-19-25)38(36,37)26-14-10-7-11-15-26/h6-19,22,27H,4-5,20-21H2,1-3H3,(H,31,35)/t22-,27+/m1/s1. The van der Waals surface area contributed by atoms with E-state index in [4.69, 9.17) is 11.6 Å². The minimum absolute atomic E-state index is 0.0546. The molecule has 2 atom stereocenters. The maximum Gasteiger partial charge on any atom is 0.264 e. The van der Waals surface area contributed by atoms with Crippen molar-refractivity contribution in [3.8, 4) is 0 Å². The molecule has 0 aliphatic rings. The quantitative estimate of drug-likeness (QED) is 0.330. The summed E-state index contributed by atoms with van der Waals surface area (Å²) in [5, 5.41) is 3.41. The molecular formula is C29H34ClN3O4S. The average molecular weight is 556 g/mol. The van der Waals surface area contributed by atoms with Gasteiger partial charge < -0.3 is 10.2 Å². The molecule has 0 spiro atoms. The zero-order chi connectivity index (χ0) is 27.7. The van der Waals surface area contributed by atoms with E-state index in [1.54, 1.807) is 42.5 Å². The van der Waals surface area contributed by atoms with Gasteiger partial charge in [-0.25, -0.2) is 8.42 Å². The lowest BCUT2D eigenvalue weighted by atomic mass is 10.1. The Morgan fingerprint density at radius 2 is 1.45 bits per heavy atom. The molecule has 3 aromatic carbocycles. The topological polar surface area (TPSA) is 86.8 Å². The molecule has 0 aliphatic carbocycles. The summed E-state index contributed by atoms with van der Waals surface area (Å²) in [5.41, 5.74) is 1.13. The highest BCUT2D eigenvalue weighted by atomic mass is 35.5. The Hall–Kier alpha value is -3.36. The Morgan fingerprint density at radius 1 is 0.868 bits per heavy atom. The number of halogens is 1. The van der Waals surface area contributed by atoms with E-state index < -0.39 is 28.5 Å². The molecule has 3 aromatic rings. The first-order valence-corrected chi connectivity index (χ1v) is 14.5. The zero-order valence-electron chi connectivity index (χ0n) is 21.9. The fourth-order valence-electron chi connectivity index (χ4n) is 4.00. The fraction of sp³-hybridized carbons (Fsp3) is 0.310. The maximum atomic E-state index is 14.0. The molecule has 0 aliphatic heterocycles. The second kappa shape index (κ2) is 13.4. The number of sulfonamides is 1. The Morgan fingerprint density at radius 3 is 2.00 bits per heavy atom. The lowest BCUT2D eigenvalue weighted by Gasteiger charge is -2.33. The van der Waals surface area contributed by atoms with E-state index in [0.717, 1.165) is 16.3 Å². The summed E-state index contributed by atoms with van der Waals surface area (Å²) in [7, 11) is -4.10. The Bertz CT molecular complexity index is 1300. The van der Waals surface area contributed by atoms with Crippen LogP contribution >= 0.6 is 11.6 Å². The summed E-state index contributed by atoms with van der Waals surface area (Å²) < 4.78 is 28.5. The van der Waals surface area contributed by atoms with Crippen molar-refractivity contribution in [2.75, 3.05) is 10.8 Å². The summed E-state index contributed by atoms with van der Waals surface area (Å²) >= 11 is 6.06. The van der Waals surface area contributed by atoms with Gasteiger partial charge in [0.1, 0.15) is 12.6 Å². The van der Waals surface area contributed by atoms with Gasteiger partial charge in [0.05, 0.1) is 10.6 Å². The van der Waals surface area contributed by atoms with Crippen LogP contribution in [0.5, 0.6) is 0 Å². The van der Waals surface area contributed by atoms with Crippen molar-refractivity contribution in [3.63, 3.8) is 0 Å². The summed E-state index contributed by atoms with van der Waals surface area (Å²) in [6.07, 6.45) is 1.11. The molecule has 1 N–H and O–H groups in total. The third-order valence-corrected chi connectivity index (χ3v) is 8.35. The number of carbonyl (C=O) groups is 2. The number of hydrogen-bond donors (Lipinski definition) is 1. The molecule has 0 bridgehead atoms. The lowest BCUT2D eigenvalue weighted by Crippen LogP contribution is -2.53. The van der Waals surface area contributed by atoms with Gasteiger partial charge in [0.15, 0.2) is 0 Å². The normalized spacial score (nSPS) is 12.8. The molecule has 0 radical (unpaired) electrons. The van der Waals surface area contributed by atoms with Gasteiger partial charge >= 0.3 is 0 Å². The Kier molecular flexibility index (Phi) is 10.3. The summed E-state index contributed by atoms with van der Waals surface area (Å²) in [5.74, 6) is -0.760. The predicted octanol–water partition coefficient (Wildman–Crippen LogP) is 5.26. The molecule has 0 heterocycles. The molecule has 38 heavy (non-hydrogen) atoms. The second-order valence-electron chi connectivity index (χ2n) is 9.05. The highest BCUT2D eigenvalue weighted by Gasteiger charge is 2.33. The smallest absolute Gasteiger partial charge is 0.264 e. The monoisotopic (exact) mass is 555 g/mol. The molecule has 3 rings (SSSR count). The van der Waals surface area contributed by atoms with Crippen LogP contribution in [0.2, 0.25) is 5.02 Å². The van der Waals surface area contributed by atoms with E-state index in [2.05, 4.69) is 5.32 Å². The van der Waals surface area contributed by atoms with Gasteiger partial charge in [-0.05, 0) is 61.7 Å². The predicted molar refractivity (Wildman–Crippen MR) is 151 cm³/mol. The Labute approximate surface area is 230 Å². The maximum absolute atomic E-state index is 14.0. The molecule has 0 saturated heterocycles. The van der Waals surface area contributed by atoms with Crippen molar-refractivity contribution >= 4 is 39.1 Å². The summed E-state index contributed by atoms with van der Waals surface area (Å²) in [6.45, 7) is 5.38. The molecule has 0 saturated carbocycles. The van der Waals surface area contributed by atoms with E-state index in [0.29, 0.717) is 17.1 Å². The third kappa shape index (κ3) is 7.36. The number of nitrogens with one attached hydrogen (secondary N) is 1. The highest BCUT2D eigenvalue weighted by Crippen LogP contribution is 2.26. The summed E-state index contributed by atoms with van der Waals surface area (Å²) in [6, 6.07) is 22.7. The zero-order valence-corrected chi connectivity index (χ0v) is 23.5. The number of anilines is 1. The van der Waals surface area contributed by atoms with Gasteiger partial charge in [0.25, 0.3) is 10.0 Å². The van der Waals surface area contributed by atoms with Crippen molar-refractivity contribution in [1.29, 1.82) is 0 Å². The molecule has 202 valence electrons. The molecule has 2 amide bonds. The van der Waals surface area contributed by atoms with Crippen LogP contribution in [-0.2, 0) is 26.2 Å².